The molecule has 0 atom stereocenters. The van der Waals surface area contributed by atoms with Crippen LogP contribution in [0.25, 0.3) is 0 Å². The van der Waals surface area contributed by atoms with E-state index >= 15 is 0 Å². The lowest BCUT2D eigenvalue weighted by atomic mass is 9.95. The van der Waals surface area contributed by atoms with Crippen LogP contribution in [0.5, 0.6) is 0 Å². The highest BCUT2D eigenvalue weighted by atomic mass is 32.1. The van der Waals surface area contributed by atoms with E-state index in [1.54, 1.807) is 7.11 Å². The van der Waals surface area contributed by atoms with Gasteiger partial charge in [0.2, 0.25) is 0 Å². The van der Waals surface area contributed by atoms with Gasteiger partial charge in [0, 0.05) is 44.6 Å². The van der Waals surface area contributed by atoms with Gasteiger partial charge in [0.15, 0.2) is 0 Å². The predicted octanol–water partition coefficient (Wildman–Crippen LogP) is 3.10. The molecule has 1 fully saturated rings. The summed E-state index contributed by atoms with van der Waals surface area (Å²) in [6.45, 7) is 10.1. The number of aromatic nitrogens is 1. The van der Waals surface area contributed by atoms with E-state index in [1.165, 1.54) is 10.6 Å². The lowest BCUT2D eigenvalue weighted by Crippen LogP contribution is -2.35. The number of nitrogens with one attached hydrogen (secondary N) is 1. The predicted molar refractivity (Wildman–Crippen MR) is 86.8 cm³/mol. The molecule has 120 valence electrons. The van der Waals surface area contributed by atoms with Crippen LogP contribution in [0, 0.1) is 5.92 Å². The molecule has 0 aromatic carbocycles. The summed E-state index contributed by atoms with van der Waals surface area (Å²) in [6.07, 6.45) is 2.78. The van der Waals surface area contributed by atoms with Crippen molar-refractivity contribution >= 4 is 11.3 Å². The molecular formula is C16H28N2O2S. The summed E-state index contributed by atoms with van der Waals surface area (Å²) in [4.78, 5) is 6.25. The summed E-state index contributed by atoms with van der Waals surface area (Å²) in [5.74, 6) is 0.670. The SMILES string of the molecule is CCc1nc(C2(OC)CCOCC2)sc1CNCC(C)C. The molecule has 0 unspecified atom stereocenters. The van der Waals surface area contributed by atoms with Crippen molar-refractivity contribution in [3.8, 4) is 0 Å². The number of nitrogens with zero attached hydrogens (tertiary/aromatic N) is 1. The number of ether oxygens (including phenoxy) is 2. The van der Waals surface area contributed by atoms with E-state index in [1.807, 2.05) is 11.3 Å². The smallest absolute Gasteiger partial charge is 0.125 e. The zero-order chi connectivity index (χ0) is 15.3. The molecule has 2 rings (SSSR count). The summed E-state index contributed by atoms with van der Waals surface area (Å²) >= 11 is 1.81. The molecule has 1 aromatic heterocycles. The Balaban J connectivity index is 2.14. The van der Waals surface area contributed by atoms with E-state index in [2.05, 4.69) is 26.1 Å². The minimum atomic E-state index is -0.233. The molecule has 1 aliphatic rings. The van der Waals surface area contributed by atoms with Gasteiger partial charge >= 0.3 is 0 Å². The first kappa shape index (κ1) is 16.9. The van der Waals surface area contributed by atoms with Gasteiger partial charge in [0.25, 0.3) is 0 Å². The minimum absolute atomic E-state index is 0.233. The van der Waals surface area contributed by atoms with Crippen LogP contribution < -0.4 is 5.32 Å². The monoisotopic (exact) mass is 312 g/mol. The van der Waals surface area contributed by atoms with Crippen molar-refractivity contribution in [2.75, 3.05) is 26.9 Å². The fraction of sp³-hybridized carbons (Fsp3) is 0.812. The third-order valence-electron chi connectivity index (χ3n) is 4.03. The Morgan fingerprint density at radius 2 is 2.10 bits per heavy atom. The van der Waals surface area contributed by atoms with E-state index < -0.39 is 0 Å². The van der Waals surface area contributed by atoms with Crippen molar-refractivity contribution in [1.29, 1.82) is 0 Å². The summed E-state index contributed by atoms with van der Waals surface area (Å²) in [6, 6.07) is 0. The molecule has 2 heterocycles. The number of aryl methyl sites for hydroxylation is 1. The van der Waals surface area contributed by atoms with Crippen LogP contribution in [0.15, 0.2) is 0 Å². The molecule has 1 N–H and O–H groups in total. The number of hydrogen-bond acceptors (Lipinski definition) is 5. The second-order valence-electron chi connectivity index (χ2n) is 6.08. The Morgan fingerprint density at radius 1 is 1.38 bits per heavy atom. The van der Waals surface area contributed by atoms with Crippen molar-refractivity contribution in [3.05, 3.63) is 15.6 Å². The van der Waals surface area contributed by atoms with Crippen molar-refractivity contribution in [2.45, 2.75) is 52.2 Å². The average Bonchev–Trinajstić information content (AvgIpc) is 2.91. The first-order chi connectivity index (χ1) is 10.1. The molecule has 0 bridgehead atoms. The van der Waals surface area contributed by atoms with E-state index in [-0.39, 0.29) is 5.60 Å². The molecule has 1 aliphatic heterocycles. The summed E-state index contributed by atoms with van der Waals surface area (Å²) < 4.78 is 11.4. The van der Waals surface area contributed by atoms with Gasteiger partial charge in [-0.3, -0.25) is 0 Å². The van der Waals surface area contributed by atoms with Crippen LogP contribution in [0.2, 0.25) is 0 Å². The normalized spacial score (nSPS) is 18.3. The van der Waals surface area contributed by atoms with Crippen LogP contribution in [-0.4, -0.2) is 31.9 Å². The van der Waals surface area contributed by atoms with E-state index in [0.717, 1.165) is 50.6 Å². The van der Waals surface area contributed by atoms with Crippen LogP contribution in [0.3, 0.4) is 0 Å². The Hall–Kier alpha value is -0.490. The minimum Gasteiger partial charge on any atom is -0.381 e. The van der Waals surface area contributed by atoms with Gasteiger partial charge in [-0.05, 0) is 18.9 Å². The standard InChI is InChI=1S/C16H28N2O2S/c1-5-13-14(11-17-10-12(2)3)21-15(18-13)16(19-4)6-8-20-9-7-16/h12,17H,5-11H2,1-4H3. The van der Waals surface area contributed by atoms with Gasteiger partial charge < -0.3 is 14.8 Å². The summed E-state index contributed by atoms with van der Waals surface area (Å²) in [5, 5.41) is 4.66. The fourth-order valence-corrected chi connectivity index (χ4v) is 4.02. The number of methoxy groups -OCH3 is 1. The van der Waals surface area contributed by atoms with Crippen LogP contribution >= 0.6 is 11.3 Å². The van der Waals surface area contributed by atoms with Crippen LogP contribution in [-0.2, 0) is 28.0 Å². The largest absolute Gasteiger partial charge is 0.381 e. The van der Waals surface area contributed by atoms with Crippen molar-refractivity contribution < 1.29 is 9.47 Å². The molecule has 0 aliphatic carbocycles. The highest BCUT2D eigenvalue weighted by molar-refractivity contribution is 7.11. The summed E-state index contributed by atoms with van der Waals surface area (Å²) in [5.41, 5.74) is 0.984. The molecule has 0 amide bonds. The van der Waals surface area contributed by atoms with Gasteiger partial charge in [0.05, 0.1) is 5.69 Å². The van der Waals surface area contributed by atoms with Gasteiger partial charge in [-0.15, -0.1) is 11.3 Å². The zero-order valence-corrected chi connectivity index (χ0v) is 14.5. The molecule has 21 heavy (non-hydrogen) atoms. The van der Waals surface area contributed by atoms with E-state index in [0.29, 0.717) is 5.92 Å². The molecule has 1 saturated heterocycles. The van der Waals surface area contributed by atoms with Crippen molar-refractivity contribution in [2.24, 2.45) is 5.92 Å². The maximum absolute atomic E-state index is 5.87. The number of hydrogen-bond donors (Lipinski definition) is 1. The highest BCUT2D eigenvalue weighted by Crippen LogP contribution is 2.38. The van der Waals surface area contributed by atoms with Crippen molar-refractivity contribution in [1.82, 2.24) is 10.3 Å². The third-order valence-corrected chi connectivity index (χ3v) is 5.32. The molecule has 0 saturated carbocycles. The Labute approximate surface area is 132 Å². The number of rotatable bonds is 7. The third kappa shape index (κ3) is 4.03. The lowest BCUT2D eigenvalue weighted by molar-refractivity contribution is -0.0948. The van der Waals surface area contributed by atoms with Gasteiger partial charge in [0.1, 0.15) is 10.6 Å². The zero-order valence-electron chi connectivity index (χ0n) is 13.7. The topological polar surface area (TPSA) is 43.4 Å². The molecular weight excluding hydrogens is 284 g/mol. The second-order valence-corrected chi connectivity index (χ2v) is 7.16. The Morgan fingerprint density at radius 3 is 2.67 bits per heavy atom. The van der Waals surface area contributed by atoms with E-state index in [9.17, 15) is 0 Å². The molecule has 4 nitrogen and oxygen atoms in total. The fourth-order valence-electron chi connectivity index (χ4n) is 2.67. The van der Waals surface area contributed by atoms with Gasteiger partial charge in [-0.2, -0.15) is 0 Å². The Kier molecular flexibility index (Phi) is 6.17. The first-order valence-electron chi connectivity index (χ1n) is 7.94. The quantitative estimate of drug-likeness (QED) is 0.840. The van der Waals surface area contributed by atoms with Gasteiger partial charge in [-0.1, -0.05) is 20.8 Å². The van der Waals surface area contributed by atoms with Crippen molar-refractivity contribution in [3.63, 3.8) is 0 Å². The van der Waals surface area contributed by atoms with E-state index in [4.69, 9.17) is 14.5 Å². The molecule has 0 radical (unpaired) electrons. The average molecular weight is 312 g/mol. The highest BCUT2D eigenvalue weighted by Gasteiger charge is 2.38. The molecule has 0 spiro atoms. The second kappa shape index (κ2) is 7.68. The lowest BCUT2D eigenvalue weighted by Gasteiger charge is -2.33. The Bertz CT molecular complexity index is 439. The first-order valence-corrected chi connectivity index (χ1v) is 8.75. The molecule has 5 heteroatoms. The number of thiazole rings is 1. The maximum atomic E-state index is 5.87. The maximum Gasteiger partial charge on any atom is 0.125 e. The van der Waals surface area contributed by atoms with Gasteiger partial charge in [-0.25, -0.2) is 4.98 Å². The summed E-state index contributed by atoms with van der Waals surface area (Å²) in [7, 11) is 1.80. The molecule has 1 aromatic rings. The van der Waals surface area contributed by atoms with Crippen LogP contribution in [0.4, 0.5) is 0 Å². The van der Waals surface area contributed by atoms with Crippen LogP contribution in [0.1, 0.15) is 49.2 Å².